The van der Waals surface area contributed by atoms with Gasteiger partial charge in [0.15, 0.2) is 0 Å². The van der Waals surface area contributed by atoms with Crippen LogP contribution in [0.1, 0.15) is 25.7 Å². The van der Waals surface area contributed by atoms with Crippen LogP contribution >= 0.6 is 0 Å². The van der Waals surface area contributed by atoms with Crippen molar-refractivity contribution < 1.29 is 9.59 Å². The summed E-state index contributed by atoms with van der Waals surface area (Å²) in [7, 11) is 3.36. The van der Waals surface area contributed by atoms with E-state index in [9.17, 15) is 9.59 Å². The smallest absolute Gasteiger partial charge is 0.241 e. The molecule has 1 aliphatic rings. The van der Waals surface area contributed by atoms with Crippen molar-refractivity contribution in [1.82, 2.24) is 15.5 Å². The maximum Gasteiger partial charge on any atom is 0.241 e. The Labute approximate surface area is 96.6 Å². The minimum absolute atomic E-state index is 0.0582. The lowest BCUT2D eigenvalue weighted by atomic mass is 10.1. The molecule has 0 aromatic carbocycles. The molecule has 1 aliphatic heterocycles. The summed E-state index contributed by atoms with van der Waals surface area (Å²) in [5.41, 5.74) is 0. The fourth-order valence-electron chi connectivity index (χ4n) is 1.70. The lowest BCUT2D eigenvalue weighted by Gasteiger charge is -2.16. The van der Waals surface area contributed by atoms with Gasteiger partial charge in [0.25, 0.3) is 0 Å². The molecule has 1 fully saturated rings. The van der Waals surface area contributed by atoms with Crippen LogP contribution < -0.4 is 10.6 Å². The molecule has 1 heterocycles. The van der Waals surface area contributed by atoms with Crippen molar-refractivity contribution in [3.05, 3.63) is 0 Å². The van der Waals surface area contributed by atoms with Crippen LogP contribution in [0.15, 0.2) is 0 Å². The molecular formula is C11H21N3O2. The molecule has 2 amide bonds. The van der Waals surface area contributed by atoms with Gasteiger partial charge in [0.05, 0.1) is 12.6 Å². The number of hydrogen-bond acceptors (Lipinski definition) is 3. The third kappa shape index (κ3) is 4.18. The highest BCUT2D eigenvalue weighted by molar-refractivity contribution is 5.87. The second kappa shape index (κ2) is 6.48. The van der Waals surface area contributed by atoms with Crippen molar-refractivity contribution in [2.24, 2.45) is 0 Å². The SMILES string of the molecule is CN(C)C(=O)CNC(=O)C1CCCCCN1. The molecule has 92 valence electrons. The number of amides is 2. The van der Waals surface area contributed by atoms with E-state index in [1.807, 2.05) is 0 Å². The number of carbonyl (C=O) groups is 2. The van der Waals surface area contributed by atoms with E-state index in [1.165, 1.54) is 11.3 Å². The van der Waals surface area contributed by atoms with Gasteiger partial charge in [-0.1, -0.05) is 12.8 Å². The third-order valence-electron chi connectivity index (χ3n) is 2.79. The van der Waals surface area contributed by atoms with Gasteiger partial charge in [-0.05, 0) is 19.4 Å². The van der Waals surface area contributed by atoms with Crippen LogP contribution in [-0.4, -0.2) is 49.9 Å². The highest BCUT2D eigenvalue weighted by atomic mass is 16.2. The molecule has 1 saturated heterocycles. The van der Waals surface area contributed by atoms with E-state index in [0.717, 1.165) is 25.8 Å². The summed E-state index contributed by atoms with van der Waals surface area (Å²) < 4.78 is 0. The molecular weight excluding hydrogens is 206 g/mol. The summed E-state index contributed by atoms with van der Waals surface area (Å²) in [5, 5.41) is 5.87. The summed E-state index contributed by atoms with van der Waals surface area (Å²) in [6, 6.07) is -0.127. The average molecular weight is 227 g/mol. The molecule has 0 spiro atoms. The molecule has 0 aromatic heterocycles. The van der Waals surface area contributed by atoms with Crippen LogP contribution in [0.4, 0.5) is 0 Å². The summed E-state index contributed by atoms with van der Waals surface area (Å²) >= 11 is 0. The lowest BCUT2D eigenvalue weighted by Crippen LogP contribution is -2.46. The third-order valence-corrected chi connectivity index (χ3v) is 2.79. The molecule has 1 atom stereocenters. The molecule has 2 N–H and O–H groups in total. The molecule has 16 heavy (non-hydrogen) atoms. The summed E-state index contributed by atoms with van der Waals surface area (Å²) in [6.45, 7) is 0.976. The predicted molar refractivity (Wildman–Crippen MR) is 62.0 cm³/mol. The predicted octanol–water partition coefficient (Wildman–Crippen LogP) is -0.277. The van der Waals surface area contributed by atoms with Crippen LogP contribution in [-0.2, 0) is 9.59 Å². The first-order valence-corrected chi connectivity index (χ1v) is 5.82. The Bertz CT molecular complexity index is 246. The fourth-order valence-corrected chi connectivity index (χ4v) is 1.70. The van der Waals surface area contributed by atoms with Gasteiger partial charge in [0.1, 0.15) is 0 Å². The van der Waals surface area contributed by atoms with E-state index in [-0.39, 0.29) is 24.4 Å². The van der Waals surface area contributed by atoms with E-state index < -0.39 is 0 Å². The topological polar surface area (TPSA) is 61.4 Å². The summed E-state index contributed by atoms with van der Waals surface area (Å²) in [4.78, 5) is 24.5. The zero-order valence-electron chi connectivity index (χ0n) is 10.1. The monoisotopic (exact) mass is 227 g/mol. The Balaban J connectivity index is 2.30. The zero-order chi connectivity index (χ0) is 12.0. The van der Waals surface area contributed by atoms with E-state index in [0.29, 0.717) is 0 Å². The van der Waals surface area contributed by atoms with Crippen LogP contribution in [0, 0.1) is 0 Å². The number of rotatable bonds is 3. The van der Waals surface area contributed by atoms with Gasteiger partial charge < -0.3 is 15.5 Å². The number of nitrogens with one attached hydrogen (secondary N) is 2. The fraction of sp³-hybridized carbons (Fsp3) is 0.818. The first-order valence-electron chi connectivity index (χ1n) is 5.82. The molecule has 0 bridgehead atoms. The zero-order valence-corrected chi connectivity index (χ0v) is 10.1. The molecule has 1 rings (SSSR count). The van der Waals surface area contributed by atoms with Gasteiger partial charge in [0, 0.05) is 14.1 Å². The van der Waals surface area contributed by atoms with E-state index >= 15 is 0 Å². The van der Waals surface area contributed by atoms with Crippen molar-refractivity contribution in [2.75, 3.05) is 27.2 Å². The van der Waals surface area contributed by atoms with Crippen LogP contribution in [0.2, 0.25) is 0 Å². The Morgan fingerprint density at radius 3 is 2.75 bits per heavy atom. The Kier molecular flexibility index (Phi) is 5.25. The first-order chi connectivity index (χ1) is 7.61. The minimum atomic E-state index is -0.127. The van der Waals surface area contributed by atoms with Crippen molar-refractivity contribution in [1.29, 1.82) is 0 Å². The minimum Gasteiger partial charge on any atom is -0.347 e. The van der Waals surface area contributed by atoms with Crippen LogP contribution in [0.25, 0.3) is 0 Å². The number of likely N-dealkylation sites (N-methyl/N-ethyl adjacent to an activating group) is 1. The quantitative estimate of drug-likeness (QED) is 0.697. The maximum atomic E-state index is 11.7. The molecule has 0 aliphatic carbocycles. The van der Waals surface area contributed by atoms with Crippen molar-refractivity contribution in [2.45, 2.75) is 31.7 Å². The van der Waals surface area contributed by atoms with Gasteiger partial charge in [-0.2, -0.15) is 0 Å². The van der Waals surface area contributed by atoms with Gasteiger partial charge in [-0.15, -0.1) is 0 Å². The van der Waals surface area contributed by atoms with Gasteiger partial charge in [0.2, 0.25) is 11.8 Å². The van der Waals surface area contributed by atoms with Crippen molar-refractivity contribution in [3.8, 4) is 0 Å². The summed E-state index contributed by atoms with van der Waals surface area (Å²) in [6.07, 6.45) is 4.24. The van der Waals surface area contributed by atoms with E-state index in [2.05, 4.69) is 10.6 Å². The highest BCUT2D eigenvalue weighted by Crippen LogP contribution is 2.08. The molecule has 0 aromatic rings. The van der Waals surface area contributed by atoms with Crippen LogP contribution in [0.5, 0.6) is 0 Å². The molecule has 5 nitrogen and oxygen atoms in total. The van der Waals surface area contributed by atoms with Crippen molar-refractivity contribution >= 4 is 11.8 Å². The Morgan fingerprint density at radius 1 is 1.31 bits per heavy atom. The second-order valence-corrected chi connectivity index (χ2v) is 4.36. The summed E-state index contributed by atoms with van der Waals surface area (Å²) in [5.74, 6) is -0.140. The standard InChI is InChI=1S/C11H21N3O2/c1-14(2)10(15)8-13-11(16)9-6-4-3-5-7-12-9/h9,12H,3-8H2,1-2H3,(H,13,16). The molecule has 0 radical (unpaired) electrons. The van der Waals surface area contributed by atoms with Gasteiger partial charge in [-0.25, -0.2) is 0 Å². The molecule has 5 heteroatoms. The largest absolute Gasteiger partial charge is 0.347 e. The Morgan fingerprint density at radius 2 is 2.06 bits per heavy atom. The molecule has 0 saturated carbocycles. The highest BCUT2D eigenvalue weighted by Gasteiger charge is 2.19. The van der Waals surface area contributed by atoms with Crippen molar-refractivity contribution in [3.63, 3.8) is 0 Å². The van der Waals surface area contributed by atoms with Crippen LogP contribution in [0.3, 0.4) is 0 Å². The second-order valence-electron chi connectivity index (χ2n) is 4.36. The van der Waals surface area contributed by atoms with Gasteiger partial charge >= 0.3 is 0 Å². The van der Waals surface area contributed by atoms with E-state index in [1.54, 1.807) is 14.1 Å². The Hall–Kier alpha value is -1.10. The lowest BCUT2D eigenvalue weighted by molar-refractivity contribution is -0.131. The van der Waals surface area contributed by atoms with E-state index in [4.69, 9.17) is 0 Å². The molecule has 1 unspecified atom stereocenters. The average Bonchev–Trinajstić information content (AvgIpc) is 2.53. The maximum absolute atomic E-state index is 11.7. The number of carbonyl (C=O) groups excluding carboxylic acids is 2. The first kappa shape index (κ1) is 13.0. The number of hydrogen-bond donors (Lipinski definition) is 2. The normalized spacial score (nSPS) is 21.0. The van der Waals surface area contributed by atoms with Gasteiger partial charge in [-0.3, -0.25) is 9.59 Å². The number of nitrogens with zero attached hydrogens (tertiary/aromatic N) is 1.